The average Bonchev–Trinajstić information content (AvgIpc) is 2.89. The van der Waals surface area contributed by atoms with E-state index in [-0.39, 0.29) is 5.91 Å². The van der Waals surface area contributed by atoms with Crippen molar-refractivity contribution in [3.8, 4) is 0 Å². The number of H-pyrrole nitrogens is 1. The molecule has 0 radical (unpaired) electrons. The van der Waals surface area contributed by atoms with Crippen LogP contribution in [0.5, 0.6) is 0 Å². The number of nitrogens with one attached hydrogen (secondary N) is 2. The Morgan fingerprint density at radius 3 is 2.76 bits per heavy atom. The van der Waals surface area contributed by atoms with Gasteiger partial charge in [-0.1, -0.05) is 23.9 Å². The minimum absolute atomic E-state index is 0.0700. The fourth-order valence-corrected chi connectivity index (χ4v) is 2.05. The van der Waals surface area contributed by atoms with Crippen molar-refractivity contribution in [3.63, 3.8) is 0 Å². The molecule has 88 valence electrons. The van der Waals surface area contributed by atoms with Crippen LogP contribution in [0, 0.1) is 0 Å². The maximum Gasteiger partial charge on any atom is 0.251 e. The van der Waals surface area contributed by atoms with Gasteiger partial charge < -0.3 is 5.32 Å². The number of carbonyl (C=O) groups is 1. The van der Waals surface area contributed by atoms with Crippen LogP contribution in [-0.4, -0.2) is 28.1 Å². The molecule has 0 saturated heterocycles. The first-order chi connectivity index (χ1) is 8.29. The van der Waals surface area contributed by atoms with Crippen molar-refractivity contribution in [2.24, 2.45) is 0 Å². The third-order valence-corrected chi connectivity index (χ3v) is 3.16. The summed E-state index contributed by atoms with van der Waals surface area (Å²) in [6, 6.07) is 7.51. The number of nitrogens with zero attached hydrogens (tertiary/aromatic N) is 2. The summed E-state index contributed by atoms with van der Waals surface area (Å²) in [6.07, 6.45) is 1.48. The second kappa shape index (κ2) is 5.49. The number of aromatic nitrogens is 3. The maximum atomic E-state index is 11.3. The second-order valence-electron chi connectivity index (χ2n) is 3.36. The van der Waals surface area contributed by atoms with E-state index in [2.05, 4.69) is 20.5 Å². The molecule has 2 aromatic rings. The molecule has 2 N–H and O–H groups in total. The number of aromatic amines is 1. The van der Waals surface area contributed by atoms with Gasteiger partial charge >= 0.3 is 0 Å². The molecule has 0 unspecified atom stereocenters. The summed E-state index contributed by atoms with van der Waals surface area (Å²) in [4.78, 5) is 15.4. The Labute approximate surface area is 103 Å². The summed E-state index contributed by atoms with van der Waals surface area (Å²) in [6.45, 7) is 0. The van der Waals surface area contributed by atoms with Crippen molar-refractivity contribution in [2.45, 2.75) is 10.9 Å². The van der Waals surface area contributed by atoms with E-state index in [9.17, 15) is 4.79 Å². The van der Waals surface area contributed by atoms with Crippen molar-refractivity contribution in [1.82, 2.24) is 20.5 Å². The van der Waals surface area contributed by atoms with Gasteiger partial charge in [0.05, 0.1) is 0 Å². The standard InChI is InChI=1S/C11H12N4OS/c1-12-10(16)9-4-2-8(3-5-9)6-17-11-13-7-14-15-11/h2-5,7H,6H2,1H3,(H,12,16)(H,13,14,15). The predicted molar refractivity (Wildman–Crippen MR) is 65.8 cm³/mol. The molecule has 1 aromatic carbocycles. The topological polar surface area (TPSA) is 70.7 Å². The van der Waals surface area contributed by atoms with Gasteiger partial charge in [0.1, 0.15) is 6.33 Å². The minimum atomic E-state index is -0.0700. The van der Waals surface area contributed by atoms with Crippen LogP contribution in [0.2, 0.25) is 0 Å². The Bertz CT molecular complexity index is 481. The molecule has 0 aliphatic rings. The van der Waals surface area contributed by atoms with Gasteiger partial charge in [-0.3, -0.25) is 9.89 Å². The summed E-state index contributed by atoms with van der Waals surface area (Å²) in [7, 11) is 1.62. The molecule has 1 heterocycles. The van der Waals surface area contributed by atoms with Gasteiger partial charge in [-0.25, -0.2) is 4.98 Å². The highest BCUT2D eigenvalue weighted by atomic mass is 32.2. The zero-order chi connectivity index (χ0) is 12.1. The van der Waals surface area contributed by atoms with Crippen molar-refractivity contribution < 1.29 is 4.79 Å². The first kappa shape index (κ1) is 11.7. The van der Waals surface area contributed by atoms with E-state index in [1.54, 1.807) is 18.8 Å². The van der Waals surface area contributed by atoms with Gasteiger partial charge in [0.2, 0.25) is 0 Å². The largest absolute Gasteiger partial charge is 0.355 e. The van der Waals surface area contributed by atoms with E-state index in [1.165, 1.54) is 6.33 Å². The zero-order valence-corrected chi connectivity index (χ0v) is 10.1. The molecule has 0 saturated carbocycles. The van der Waals surface area contributed by atoms with Gasteiger partial charge in [-0.05, 0) is 17.7 Å². The number of hydrogen-bond donors (Lipinski definition) is 2. The molecule has 0 aliphatic carbocycles. The van der Waals surface area contributed by atoms with Crippen LogP contribution >= 0.6 is 11.8 Å². The molecule has 0 aliphatic heterocycles. The molecule has 0 fully saturated rings. The van der Waals surface area contributed by atoms with Crippen molar-refractivity contribution in [2.75, 3.05) is 7.05 Å². The van der Waals surface area contributed by atoms with Crippen molar-refractivity contribution in [1.29, 1.82) is 0 Å². The molecule has 2 rings (SSSR count). The SMILES string of the molecule is CNC(=O)c1ccc(CSc2ncn[nH]2)cc1. The smallest absolute Gasteiger partial charge is 0.251 e. The van der Waals surface area contributed by atoms with Crippen LogP contribution in [0.1, 0.15) is 15.9 Å². The van der Waals surface area contributed by atoms with Gasteiger partial charge in [-0.15, -0.1) is 0 Å². The lowest BCUT2D eigenvalue weighted by molar-refractivity contribution is 0.0963. The first-order valence-electron chi connectivity index (χ1n) is 5.09. The Kier molecular flexibility index (Phi) is 3.77. The number of benzene rings is 1. The van der Waals surface area contributed by atoms with Gasteiger partial charge in [0.25, 0.3) is 5.91 Å². The van der Waals surface area contributed by atoms with Gasteiger partial charge in [0.15, 0.2) is 5.16 Å². The number of hydrogen-bond acceptors (Lipinski definition) is 4. The molecular weight excluding hydrogens is 236 g/mol. The average molecular weight is 248 g/mol. The molecule has 5 nitrogen and oxygen atoms in total. The van der Waals surface area contributed by atoms with Crippen LogP contribution in [0.3, 0.4) is 0 Å². The summed E-state index contributed by atoms with van der Waals surface area (Å²) in [5.74, 6) is 0.725. The van der Waals surface area contributed by atoms with Crippen LogP contribution in [0.25, 0.3) is 0 Å². The van der Waals surface area contributed by atoms with Crippen molar-refractivity contribution in [3.05, 3.63) is 41.7 Å². The molecule has 1 amide bonds. The second-order valence-corrected chi connectivity index (χ2v) is 4.32. The highest BCUT2D eigenvalue weighted by Crippen LogP contribution is 2.18. The third kappa shape index (κ3) is 3.07. The monoisotopic (exact) mass is 248 g/mol. The quantitative estimate of drug-likeness (QED) is 0.804. The fraction of sp³-hybridized carbons (Fsp3) is 0.182. The van der Waals surface area contributed by atoms with Crippen LogP contribution in [0.4, 0.5) is 0 Å². The molecule has 17 heavy (non-hydrogen) atoms. The summed E-state index contributed by atoms with van der Waals surface area (Å²) >= 11 is 1.57. The highest BCUT2D eigenvalue weighted by molar-refractivity contribution is 7.98. The Hall–Kier alpha value is -1.82. The zero-order valence-electron chi connectivity index (χ0n) is 9.30. The van der Waals surface area contributed by atoms with Crippen LogP contribution in [-0.2, 0) is 5.75 Å². The Balaban J connectivity index is 1.96. The number of thioether (sulfide) groups is 1. The van der Waals surface area contributed by atoms with E-state index in [1.807, 2.05) is 24.3 Å². The van der Waals surface area contributed by atoms with E-state index < -0.39 is 0 Å². The Morgan fingerprint density at radius 1 is 1.41 bits per heavy atom. The molecular formula is C11H12N4OS. The predicted octanol–water partition coefficient (Wildman–Crippen LogP) is 1.46. The lowest BCUT2D eigenvalue weighted by atomic mass is 10.1. The molecule has 0 spiro atoms. The number of rotatable bonds is 4. The number of amides is 1. The van der Waals surface area contributed by atoms with Gasteiger partial charge in [-0.2, -0.15) is 5.10 Å². The van der Waals surface area contributed by atoms with Crippen molar-refractivity contribution >= 4 is 17.7 Å². The minimum Gasteiger partial charge on any atom is -0.355 e. The van der Waals surface area contributed by atoms with Crippen LogP contribution < -0.4 is 5.32 Å². The lowest BCUT2D eigenvalue weighted by Crippen LogP contribution is -2.17. The molecule has 0 atom stereocenters. The highest BCUT2D eigenvalue weighted by Gasteiger charge is 2.03. The summed E-state index contributed by atoms with van der Waals surface area (Å²) in [5, 5.41) is 9.94. The van der Waals surface area contributed by atoms with E-state index in [0.29, 0.717) is 5.56 Å². The van der Waals surface area contributed by atoms with Gasteiger partial charge in [0, 0.05) is 18.4 Å². The summed E-state index contributed by atoms with van der Waals surface area (Å²) < 4.78 is 0. The summed E-state index contributed by atoms with van der Waals surface area (Å²) in [5.41, 5.74) is 1.81. The maximum absolute atomic E-state index is 11.3. The normalized spacial score (nSPS) is 10.2. The lowest BCUT2D eigenvalue weighted by Gasteiger charge is -2.02. The van der Waals surface area contributed by atoms with E-state index >= 15 is 0 Å². The van der Waals surface area contributed by atoms with E-state index in [0.717, 1.165) is 16.5 Å². The molecule has 6 heteroatoms. The van der Waals surface area contributed by atoms with E-state index in [4.69, 9.17) is 0 Å². The first-order valence-corrected chi connectivity index (χ1v) is 6.07. The fourth-order valence-electron chi connectivity index (χ4n) is 1.31. The molecule has 1 aromatic heterocycles. The molecule has 0 bridgehead atoms. The Morgan fingerprint density at radius 2 is 2.18 bits per heavy atom. The third-order valence-electron chi connectivity index (χ3n) is 2.21. The van der Waals surface area contributed by atoms with Crippen LogP contribution in [0.15, 0.2) is 35.7 Å². The number of carbonyl (C=O) groups excluding carboxylic acids is 1.